The summed E-state index contributed by atoms with van der Waals surface area (Å²) in [7, 11) is 0. The molecule has 1 aromatic rings. The van der Waals surface area contributed by atoms with E-state index in [4.69, 9.17) is 4.74 Å². The van der Waals surface area contributed by atoms with Gasteiger partial charge in [-0.3, -0.25) is 14.5 Å². The second-order valence-corrected chi connectivity index (χ2v) is 8.62. The van der Waals surface area contributed by atoms with Crippen molar-refractivity contribution in [2.24, 2.45) is 28.7 Å². The minimum Gasteiger partial charge on any atom is -0.477 e. The number of fused-ring (bicyclic) bond motifs is 5. The molecular formula is C24H33N5O3. The summed E-state index contributed by atoms with van der Waals surface area (Å²) in [4.78, 5) is 36.1. The lowest BCUT2D eigenvalue weighted by Crippen LogP contribution is -2.43. The summed E-state index contributed by atoms with van der Waals surface area (Å²) >= 11 is 0. The molecule has 2 fully saturated rings. The molecule has 1 aliphatic heterocycles. The molecule has 8 heteroatoms. The van der Waals surface area contributed by atoms with Gasteiger partial charge in [0.15, 0.2) is 5.96 Å². The molecule has 2 amide bonds. The normalized spacial score (nSPS) is 26.1. The van der Waals surface area contributed by atoms with Gasteiger partial charge in [-0.25, -0.2) is 9.98 Å². The number of imide groups is 1. The quantitative estimate of drug-likeness (QED) is 0.191. The van der Waals surface area contributed by atoms with Crippen molar-refractivity contribution < 1.29 is 14.3 Å². The van der Waals surface area contributed by atoms with E-state index < -0.39 is 0 Å². The van der Waals surface area contributed by atoms with Crippen molar-refractivity contribution in [3.05, 3.63) is 36.0 Å². The number of hydrogen-bond donors (Lipinski definition) is 2. The Labute approximate surface area is 189 Å². The standard InChI is InChI=1S/C24H33N5O3/c1-3-5-13-32-21-18(7-6-10-26-21)15-28-24(25-4-2)27-11-12-29-22(30)19-16-8-9-17(14-16)20(19)23(29)31/h6-10,16-17,19-20H,3-5,11-15H2,1-2H3,(H2,25,27,28). The Morgan fingerprint density at radius 3 is 2.62 bits per heavy atom. The first-order valence-corrected chi connectivity index (χ1v) is 11.8. The Kier molecular flexibility index (Phi) is 7.07. The minimum absolute atomic E-state index is 0.00943. The van der Waals surface area contributed by atoms with Crippen molar-refractivity contribution in [2.45, 2.75) is 39.7 Å². The molecule has 4 unspecified atom stereocenters. The van der Waals surface area contributed by atoms with E-state index in [1.165, 1.54) is 4.90 Å². The highest BCUT2D eigenvalue weighted by atomic mass is 16.5. The van der Waals surface area contributed by atoms with Gasteiger partial charge in [0.1, 0.15) is 0 Å². The van der Waals surface area contributed by atoms with Crippen LogP contribution < -0.4 is 15.4 Å². The molecular weight excluding hydrogens is 406 g/mol. The van der Waals surface area contributed by atoms with Crippen LogP contribution in [0.1, 0.15) is 38.7 Å². The number of amides is 2. The Morgan fingerprint density at radius 1 is 1.19 bits per heavy atom. The van der Waals surface area contributed by atoms with Gasteiger partial charge in [-0.05, 0) is 37.7 Å². The lowest BCUT2D eigenvalue weighted by Gasteiger charge is -2.18. The third-order valence-corrected chi connectivity index (χ3v) is 6.53. The average Bonchev–Trinajstić information content (AvgIpc) is 3.48. The number of ether oxygens (including phenoxy) is 1. The van der Waals surface area contributed by atoms with Gasteiger partial charge in [0, 0.05) is 31.4 Å². The highest BCUT2D eigenvalue weighted by molar-refractivity contribution is 6.06. The number of carbonyl (C=O) groups excluding carboxylic acids is 2. The van der Waals surface area contributed by atoms with Crippen LogP contribution in [0.4, 0.5) is 0 Å². The van der Waals surface area contributed by atoms with Crippen LogP contribution in [0.25, 0.3) is 0 Å². The number of likely N-dealkylation sites (tertiary alicyclic amines) is 1. The van der Waals surface area contributed by atoms with Crippen LogP contribution in [0.3, 0.4) is 0 Å². The van der Waals surface area contributed by atoms with Gasteiger partial charge in [0.2, 0.25) is 17.7 Å². The third kappa shape index (κ3) is 4.49. The molecule has 0 aromatic carbocycles. The molecule has 1 aromatic heterocycles. The topological polar surface area (TPSA) is 95.9 Å². The number of unbranched alkanes of at least 4 members (excludes halogenated alkanes) is 1. The molecule has 2 bridgehead atoms. The zero-order valence-corrected chi connectivity index (χ0v) is 18.9. The summed E-state index contributed by atoms with van der Waals surface area (Å²) in [6.45, 7) is 6.70. The number of nitrogens with zero attached hydrogens (tertiary/aromatic N) is 3. The Morgan fingerprint density at radius 2 is 1.94 bits per heavy atom. The van der Waals surface area contributed by atoms with Crippen LogP contribution in [0, 0.1) is 23.7 Å². The number of rotatable bonds is 10. The van der Waals surface area contributed by atoms with Crippen LogP contribution in [0.2, 0.25) is 0 Å². The Balaban J connectivity index is 1.32. The van der Waals surface area contributed by atoms with E-state index in [-0.39, 0.29) is 35.5 Å². The van der Waals surface area contributed by atoms with E-state index in [0.717, 1.165) is 24.8 Å². The van der Waals surface area contributed by atoms with Crippen molar-refractivity contribution >= 4 is 17.8 Å². The summed E-state index contributed by atoms with van der Waals surface area (Å²) < 4.78 is 5.79. The maximum Gasteiger partial charge on any atom is 0.233 e. The fraction of sp³-hybridized carbons (Fsp3) is 0.583. The van der Waals surface area contributed by atoms with Crippen molar-refractivity contribution in [3.8, 4) is 5.88 Å². The largest absolute Gasteiger partial charge is 0.477 e. The molecule has 8 nitrogen and oxygen atoms in total. The first-order chi connectivity index (χ1) is 15.6. The number of aromatic nitrogens is 1. The van der Waals surface area contributed by atoms with E-state index in [9.17, 15) is 9.59 Å². The Hall–Kier alpha value is -2.90. The predicted octanol–water partition coefficient (Wildman–Crippen LogP) is 2.12. The van der Waals surface area contributed by atoms with Crippen LogP contribution in [0.15, 0.2) is 35.5 Å². The van der Waals surface area contributed by atoms with Crippen LogP contribution in [-0.2, 0) is 16.1 Å². The highest BCUT2D eigenvalue weighted by Gasteiger charge is 2.58. The van der Waals surface area contributed by atoms with Crippen LogP contribution >= 0.6 is 0 Å². The van der Waals surface area contributed by atoms with E-state index in [0.29, 0.717) is 44.6 Å². The monoisotopic (exact) mass is 439 g/mol. The highest BCUT2D eigenvalue weighted by Crippen LogP contribution is 2.52. The minimum atomic E-state index is -0.142. The van der Waals surface area contributed by atoms with Gasteiger partial charge < -0.3 is 15.4 Å². The van der Waals surface area contributed by atoms with Gasteiger partial charge in [-0.1, -0.05) is 31.6 Å². The lowest BCUT2D eigenvalue weighted by molar-refractivity contribution is -0.140. The van der Waals surface area contributed by atoms with Crippen molar-refractivity contribution in [3.63, 3.8) is 0 Å². The number of nitrogens with one attached hydrogen (secondary N) is 2. The maximum absolute atomic E-state index is 12.8. The van der Waals surface area contributed by atoms with Crippen LogP contribution in [-0.4, -0.2) is 53.9 Å². The first kappa shape index (κ1) is 22.3. The molecule has 172 valence electrons. The van der Waals surface area contributed by atoms with Crippen molar-refractivity contribution in [1.29, 1.82) is 0 Å². The van der Waals surface area contributed by atoms with Gasteiger partial charge in [-0.15, -0.1) is 0 Å². The molecule has 2 heterocycles. The fourth-order valence-electron chi connectivity index (χ4n) is 4.96. The second kappa shape index (κ2) is 10.1. The van der Waals surface area contributed by atoms with E-state index in [1.807, 2.05) is 19.1 Å². The van der Waals surface area contributed by atoms with E-state index in [2.05, 4.69) is 39.7 Å². The predicted molar refractivity (Wildman–Crippen MR) is 122 cm³/mol. The van der Waals surface area contributed by atoms with Crippen molar-refractivity contribution in [2.75, 3.05) is 26.2 Å². The molecule has 0 spiro atoms. The maximum atomic E-state index is 12.8. The third-order valence-electron chi connectivity index (χ3n) is 6.53. The molecule has 2 aliphatic carbocycles. The van der Waals surface area contributed by atoms with Crippen molar-refractivity contribution in [1.82, 2.24) is 20.5 Å². The number of pyridine rings is 1. The number of guanidine groups is 1. The van der Waals surface area contributed by atoms with E-state index >= 15 is 0 Å². The smallest absolute Gasteiger partial charge is 0.233 e. The number of aliphatic imine (C=N–C) groups is 1. The summed E-state index contributed by atoms with van der Waals surface area (Å²) in [5.74, 6) is 1.43. The molecule has 4 atom stereocenters. The molecule has 1 saturated carbocycles. The molecule has 1 saturated heterocycles. The fourth-order valence-corrected chi connectivity index (χ4v) is 4.96. The van der Waals surface area contributed by atoms with E-state index in [1.54, 1.807) is 6.20 Å². The van der Waals surface area contributed by atoms with Gasteiger partial charge >= 0.3 is 0 Å². The zero-order valence-electron chi connectivity index (χ0n) is 18.9. The van der Waals surface area contributed by atoms with Crippen LogP contribution in [0.5, 0.6) is 5.88 Å². The van der Waals surface area contributed by atoms with Gasteiger partial charge in [-0.2, -0.15) is 0 Å². The first-order valence-electron chi connectivity index (χ1n) is 11.8. The number of hydrogen-bond acceptors (Lipinski definition) is 5. The number of allylic oxidation sites excluding steroid dienone is 2. The molecule has 2 N–H and O–H groups in total. The average molecular weight is 440 g/mol. The SMILES string of the molecule is CCCCOc1ncccc1CN=C(NCC)NCCN1C(=O)C2C3C=CC(C3)C2C1=O. The molecule has 4 rings (SSSR count). The van der Waals surface area contributed by atoms with Gasteiger partial charge in [0.25, 0.3) is 0 Å². The zero-order chi connectivity index (χ0) is 22.5. The lowest BCUT2D eigenvalue weighted by atomic mass is 9.85. The summed E-state index contributed by atoms with van der Waals surface area (Å²) in [6.07, 6.45) is 8.96. The molecule has 0 radical (unpaired) electrons. The summed E-state index contributed by atoms with van der Waals surface area (Å²) in [5, 5.41) is 6.47. The molecule has 32 heavy (non-hydrogen) atoms. The summed E-state index contributed by atoms with van der Waals surface area (Å²) in [5.41, 5.74) is 0.918. The summed E-state index contributed by atoms with van der Waals surface area (Å²) in [6, 6.07) is 3.84. The number of carbonyl (C=O) groups is 2. The Bertz CT molecular complexity index is 869. The second-order valence-electron chi connectivity index (χ2n) is 8.62. The molecule has 3 aliphatic rings. The van der Waals surface area contributed by atoms with Gasteiger partial charge in [0.05, 0.1) is 25.0 Å².